The third kappa shape index (κ3) is 2.87. The zero-order chi connectivity index (χ0) is 15.1. The third-order valence-electron chi connectivity index (χ3n) is 3.98. The summed E-state index contributed by atoms with van der Waals surface area (Å²) in [7, 11) is 1.83. The quantitative estimate of drug-likeness (QED) is 0.848. The highest BCUT2D eigenvalue weighted by Gasteiger charge is 2.32. The van der Waals surface area contributed by atoms with Crippen LogP contribution in [0.4, 0.5) is 0 Å². The molecule has 0 aliphatic carbocycles. The maximum absolute atomic E-state index is 12.7. The minimum atomic E-state index is -0.428. The number of aliphatic hydroxyl groups excluding tert-OH is 1. The predicted molar refractivity (Wildman–Crippen MR) is 77.6 cm³/mol. The number of aromatic nitrogens is 2. The second kappa shape index (κ2) is 5.20. The summed E-state index contributed by atoms with van der Waals surface area (Å²) in [6.45, 7) is 9.31. The van der Waals surface area contributed by atoms with Crippen LogP contribution in [0.15, 0.2) is 6.20 Å². The van der Waals surface area contributed by atoms with Gasteiger partial charge in [-0.15, -0.1) is 0 Å². The van der Waals surface area contributed by atoms with Gasteiger partial charge in [0.1, 0.15) is 0 Å². The zero-order valence-corrected chi connectivity index (χ0v) is 13.1. The number of amides is 1. The number of hydrogen-bond acceptors (Lipinski definition) is 3. The van der Waals surface area contributed by atoms with Crippen molar-refractivity contribution in [3.8, 4) is 0 Å². The molecule has 2 heterocycles. The molecule has 20 heavy (non-hydrogen) atoms. The van der Waals surface area contributed by atoms with E-state index in [2.05, 4.69) is 25.9 Å². The van der Waals surface area contributed by atoms with Gasteiger partial charge in [-0.25, -0.2) is 0 Å². The molecule has 1 saturated heterocycles. The SMILES string of the molecule is CC1CCN(C(=O)c2cn(C)nc2C(C)(C)C)CC1O. The third-order valence-corrected chi connectivity index (χ3v) is 3.98. The predicted octanol–water partition coefficient (Wildman–Crippen LogP) is 1.56. The summed E-state index contributed by atoms with van der Waals surface area (Å²) in [6, 6.07) is 0. The van der Waals surface area contributed by atoms with Crippen molar-refractivity contribution < 1.29 is 9.90 Å². The molecular formula is C15H25N3O2. The van der Waals surface area contributed by atoms with E-state index in [1.165, 1.54) is 0 Å². The molecule has 5 nitrogen and oxygen atoms in total. The van der Waals surface area contributed by atoms with Crippen LogP contribution < -0.4 is 0 Å². The van der Waals surface area contributed by atoms with Crippen molar-refractivity contribution in [3.63, 3.8) is 0 Å². The molecule has 2 rings (SSSR count). The molecule has 2 unspecified atom stereocenters. The number of likely N-dealkylation sites (tertiary alicyclic amines) is 1. The van der Waals surface area contributed by atoms with Crippen LogP contribution in [0.25, 0.3) is 0 Å². The van der Waals surface area contributed by atoms with Gasteiger partial charge in [-0.05, 0) is 12.3 Å². The Bertz CT molecular complexity index is 502. The number of carbonyl (C=O) groups excluding carboxylic acids is 1. The summed E-state index contributed by atoms with van der Waals surface area (Å²) in [5, 5.41) is 14.4. The first-order valence-corrected chi connectivity index (χ1v) is 7.21. The zero-order valence-electron chi connectivity index (χ0n) is 13.1. The second-order valence-electron chi connectivity index (χ2n) is 6.90. The van der Waals surface area contributed by atoms with Gasteiger partial charge in [0, 0.05) is 31.7 Å². The largest absolute Gasteiger partial charge is 0.391 e. The van der Waals surface area contributed by atoms with Gasteiger partial charge in [-0.3, -0.25) is 9.48 Å². The van der Waals surface area contributed by atoms with Crippen LogP contribution in [-0.4, -0.2) is 44.9 Å². The number of β-amino-alcohol motifs (C(OH)–C–C–N with tert-alkyl or cyclic N) is 1. The molecule has 0 aromatic carbocycles. The first kappa shape index (κ1) is 15.0. The number of hydrogen-bond donors (Lipinski definition) is 1. The van der Waals surface area contributed by atoms with Gasteiger partial charge in [-0.1, -0.05) is 27.7 Å². The van der Waals surface area contributed by atoms with Crippen LogP contribution >= 0.6 is 0 Å². The molecule has 1 amide bonds. The van der Waals surface area contributed by atoms with Crippen LogP contribution in [0, 0.1) is 5.92 Å². The first-order valence-electron chi connectivity index (χ1n) is 7.21. The lowest BCUT2D eigenvalue weighted by atomic mass is 9.88. The summed E-state index contributed by atoms with van der Waals surface area (Å²) in [6.07, 6.45) is 2.20. The fourth-order valence-electron chi connectivity index (χ4n) is 2.60. The Kier molecular flexibility index (Phi) is 3.91. The molecule has 1 N–H and O–H groups in total. The van der Waals surface area contributed by atoms with Gasteiger partial charge in [0.15, 0.2) is 0 Å². The minimum absolute atomic E-state index is 0.0195. The van der Waals surface area contributed by atoms with E-state index in [0.717, 1.165) is 12.1 Å². The van der Waals surface area contributed by atoms with Gasteiger partial charge >= 0.3 is 0 Å². The number of carbonyl (C=O) groups is 1. The molecule has 1 aromatic heterocycles. The number of piperidine rings is 1. The molecule has 1 aromatic rings. The van der Waals surface area contributed by atoms with Gasteiger partial charge < -0.3 is 10.0 Å². The van der Waals surface area contributed by atoms with E-state index >= 15 is 0 Å². The Hall–Kier alpha value is -1.36. The molecule has 0 spiro atoms. The minimum Gasteiger partial charge on any atom is -0.391 e. The molecule has 0 saturated carbocycles. The fourth-order valence-corrected chi connectivity index (χ4v) is 2.60. The van der Waals surface area contributed by atoms with E-state index in [1.54, 1.807) is 15.8 Å². The summed E-state index contributed by atoms with van der Waals surface area (Å²) < 4.78 is 1.69. The van der Waals surface area contributed by atoms with Gasteiger partial charge in [-0.2, -0.15) is 5.10 Å². The Morgan fingerprint density at radius 1 is 1.45 bits per heavy atom. The molecule has 2 atom stereocenters. The summed E-state index contributed by atoms with van der Waals surface area (Å²) in [5.41, 5.74) is 1.30. The smallest absolute Gasteiger partial charge is 0.257 e. The van der Waals surface area contributed by atoms with Crippen molar-refractivity contribution in [1.82, 2.24) is 14.7 Å². The van der Waals surface area contributed by atoms with E-state index in [-0.39, 0.29) is 17.2 Å². The second-order valence-corrected chi connectivity index (χ2v) is 6.90. The van der Waals surface area contributed by atoms with Crippen LogP contribution in [0.3, 0.4) is 0 Å². The summed E-state index contributed by atoms with van der Waals surface area (Å²) >= 11 is 0. The van der Waals surface area contributed by atoms with Gasteiger partial charge in [0.25, 0.3) is 5.91 Å². The van der Waals surface area contributed by atoms with Crippen molar-refractivity contribution in [1.29, 1.82) is 0 Å². The average molecular weight is 279 g/mol. The van der Waals surface area contributed by atoms with Crippen LogP contribution in [0.1, 0.15) is 50.2 Å². The Balaban J connectivity index is 2.26. The van der Waals surface area contributed by atoms with Crippen LogP contribution in [0.5, 0.6) is 0 Å². The lowest BCUT2D eigenvalue weighted by Crippen LogP contribution is -2.46. The first-order chi connectivity index (χ1) is 9.20. The van der Waals surface area contributed by atoms with Crippen molar-refractivity contribution in [2.45, 2.75) is 45.6 Å². The number of rotatable bonds is 1. The van der Waals surface area contributed by atoms with E-state index < -0.39 is 6.10 Å². The summed E-state index contributed by atoms with van der Waals surface area (Å²) in [5.74, 6) is 0.240. The van der Waals surface area contributed by atoms with Gasteiger partial charge in [0.2, 0.25) is 0 Å². The molecule has 1 aliphatic rings. The van der Waals surface area contributed by atoms with Crippen LogP contribution in [-0.2, 0) is 12.5 Å². The highest BCUT2D eigenvalue weighted by molar-refractivity contribution is 5.95. The highest BCUT2D eigenvalue weighted by Crippen LogP contribution is 2.26. The summed E-state index contributed by atoms with van der Waals surface area (Å²) in [4.78, 5) is 14.4. The maximum atomic E-state index is 12.7. The van der Waals surface area contributed by atoms with E-state index in [1.807, 2.05) is 14.0 Å². The van der Waals surface area contributed by atoms with Gasteiger partial charge in [0.05, 0.1) is 17.4 Å². The lowest BCUT2D eigenvalue weighted by molar-refractivity contribution is 0.0247. The molecule has 112 valence electrons. The van der Waals surface area contributed by atoms with E-state index in [0.29, 0.717) is 18.7 Å². The molecule has 0 radical (unpaired) electrons. The molecule has 0 bridgehead atoms. The lowest BCUT2D eigenvalue weighted by Gasteiger charge is -2.34. The highest BCUT2D eigenvalue weighted by atomic mass is 16.3. The van der Waals surface area contributed by atoms with Crippen molar-refractivity contribution in [2.24, 2.45) is 13.0 Å². The number of aliphatic hydroxyl groups is 1. The van der Waals surface area contributed by atoms with Crippen molar-refractivity contribution >= 4 is 5.91 Å². The van der Waals surface area contributed by atoms with E-state index in [4.69, 9.17) is 0 Å². The standard InChI is InChI=1S/C15H25N3O2/c1-10-6-7-18(9-12(10)19)14(20)11-8-17(5)16-13(11)15(2,3)4/h8,10,12,19H,6-7,9H2,1-5H3. The molecule has 1 fully saturated rings. The maximum Gasteiger partial charge on any atom is 0.257 e. The monoisotopic (exact) mass is 279 g/mol. The molecule has 5 heteroatoms. The topological polar surface area (TPSA) is 58.4 Å². The molecular weight excluding hydrogens is 254 g/mol. The Labute approximate surface area is 120 Å². The Morgan fingerprint density at radius 2 is 2.10 bits per heavy atom. The normalized spacial score (nSPS) is 24.0. The van der Waals surface area contributed by atoms with E-state index in [9.17, 15) is 9.90 Å². The van der Waals surface area contributed by atoms with Crippen molar-refractivity contribution in [3.05, 3.63) is 17.5 Å². The van der Waals surface area contributed by atoms with Crippen molar-refractivity contribution in [2.75, 3.05) is 13.1 Å². The fraction of sp³-hybridized carbons (Fsp3) is 0.733. The number of nitrogens with zero attached hydrogens (tertiary/aromatic N) is 3. The average Bonchev–Trinajstić information content (AvgIpc) is 2.74. The number of aryl methyl sites for hydroxylation is 1. The Morgan fingerprint density at radius 3 is 2.65 bits per heavy atom. The molecule has 1 aliphatic heterocycles. The van der Waals surface area contributed by atoms with Crippen LogP contribution in [0.2, 0.25) is 0 Å².